The van der Waals surface area contributed by atoms with Crippen molar-refractivity contribution in [3.05, 3.63) is 44.3 Å². The van der Waals surface area contributed by atoms with Crippen LogP contribution >= 0.6 is 0 Å². The number of esters is 1. The topological polar surface area (TPSA) is 86.0 Å². The minimum atomic E-state index is -0.245. The van der Waals surface area contributed by atoms with Crippen molar-refractivity contribution in [1.82, 2.24) is 0 Å². The summed E-state index contributed by atoms with van der Waals surface area (Å²) < 4.78 is 27.1. The molecule has 0 bridgehead atoms. The van der Waals surface area contributed by atoms with Gasteiger partial charge in [0, 0.05) is 24.0 Å². The van der Waals surface area contributed by atoms with E-state index in [1.165, 1.54) is 6.92 Å². The fourth-order valence-corrected chi connectivity index (χ4v) is 0.411. The van der Waals surface area contributed by atoms with Crippen molar-refractivity contribution in [2.75, 3.05) is 6.61 Å². The molecule has 0 aliphatic rings. The molecule has 0 amide bonds. The van der Waals surface area contributed by atoms with E-state index in [1.54, 1.807) is 6.08 Å². The summed E-state index contributed by atoms with van der Waals surface area (Å²) >= 11 is 0. The number of hydrogen-bond acceptors (Lipinski definition) is 2. The van der Waals surface area contributed by atoms with Crippen LogP contribution in [-0.4, -0.2) is 12.6 Å². The molecule has 0 aromatic carbocycles. The molecular formula is C11H12FeO5. The molecule has 94 valence electrons. The van der Waals surface area contributed by atoms with Crippen LogP contribution in [0, 0.1) is 20.0 Å². The first-order chi connectivity index (χ1) is 7.77. The summed E-state index contributed by atoms with van der Waals surface area (Å²) in [5.41, 5.74) is 0. The van der Waals surface area contributed by atoms with Crippen molar-refractivity contribution in [3.63, 3.8) is 0 Å². The zero-order valence-electron chi connectivity index (χ0n) is 9.41. The van der Waals surface area contributed by atoms with Gasteiger partial charge in [-0.1, -0.05) is 18.2 Å². The van der Waals surface area contributed by atoms with Crippen LogP contribution in [0.5, 0.6) is 0 Å². The summed E-state index contributed by atoms with van der Waals surface area (Å²) in [4.78, 5) is 10.2. The van der Waals surface area contributed by atoms with Crippen LogP contribution in [0.4, 0.5) is 0 Å². The fourth-order valence-electron chi connectivity index (χ4n) is 0.411. The van der Waals surface area contributed by atoms with E-state index in [2.05, 4.69) is 24.7 Å². The number of carbonyl (C=O) groups excluding carboxylic acids is 1. The molecule has 0 atom stereocenters. The number of allylic oxidation sites excluding steroid dienone is 3. The van der Waals surface area contributed by atoms with Gasteiger partial charge in [-0.3, -0.25) is 4.79 Å². The Labute approximate surface area is 112 Å². The summed E-state index contributed by atoms with van der Waals surface area (Å²) in [5.74, 6) is -0.245. The molecule has 0 saturated carbocycles. The second-order valence-electron chi connectivity index (χ2n) is 1.76. The molecule has 0 spiro atoms. The first-order valence-electron chi connectivity index (χ1n) is 3.79. The molecule has 0 radical (unpaired) electrons. The van der Waals surface area contributed by atoms with Gasteiger partial charge < -0.3 is 4.74 Å². The smallest absolute Gasteiger partial charge is 0 e. The zero-order valence-corrected chi connectivity index (χ0v) is 10.5. The molecule has 0 saturated heterocycles. The molecule has 0 aromatic rings. The van der Waals surface area contributed by atoms with Gasteiger partial charge in [-0.2, -0.15) is 0 Å². The van der Waals surface area contributed by atoms with Crippen LogP contribution in [-0.2, 0) is 40.6 Å². The van der Waals surface area contributed by atoms with E-state index < -0.39 is 0 Å². The van der Waals surface area contributed by atoms with Crippen molar-refractivity contribution >= 4 is 5.97 Å². The summed E-state index contributed by atoms with van der Waals surface area (Å²) in [7, 11) is 0. The van der Waals surface area contributed by atoms with Crippen molar-refractivity contribution in [3.8, 4) is 0 Å². The number of rotatable bonds is 3. The Bertz CT molecular complexity index is 236. The van der Waals surface area contributed by atoms with Gasteiger partial charge in [0.2, 0.25) is 0 Å². The molecule has 0 unspecified atom stereocenters. The summed E-state index contributed by atoms with van der Waals surface area (Å²) in [5, 5.41) is 0. The molecule has 0 rings (SSSR count). The monoisotopic (exact) mass is 280 g/mol. The molecule has 5 nitrogen and oxygen atoms in total. The third-order valence-electron chi connectivity index (χ3n) is 0.822. The molecule has 0 N–H and O–H groups in total. The van der Waals surface area contributed by atoms with Gasteiger partial charge in [-0.15, -0.1) is 0 Å². The van der Waals surface area contributed by atoms with E-state index in [-0.39, 0.29) is 23.0 Å². The Morgan fingerprint density at radius 3 is 1.82 bits per heavy atom. The van der Waals surface area contributed by atoms with Crippen molar-refractivity contribution in [2.24, 2.45) is 0 Å². The molecule has 0 aliphatic heterocycles. The third-order valence-corrected chi connectivity index (χ3v) is 0.822. The first kappa shape index (κ1) is 29.6. The maximum atomic E-state index is 10.2. The SMILES string of the molecule is C/C=C/C=C/COC(C)=O.[C-]#[O+].[C-]#[O+].[C-]#[O+].[Fe]. The Morgan fingerprint density at radius 1 is 1.12 bits per heavy atom. The van der Waals surface area contributed by atoms with E-state index in [1.807, 2.05) is 25.2 Å². The maximum absolute atomic E-state index is 10.2. The summed E-state index contributed by atoms with van der Waals surface area (Å²) in [6, 6.07) is 0. The van der Waals surface area contributed by atoms with Crippen LogP contribution in [0.3, 0.4) is 0 Å². The molecule has 0 fully saturated rings. The van der Waals surface area contributed by atoms with Crippen molar-refractivity contribution in [2.45, 2.75) is 13.8 Å². The summed E-state index contributed by atoms with van der Waals surface area (Å²) in [6.07, 6.45) is 7.40. The van der Waals surface area contributed by atoms with E-state index in [9.17, 15) is 4.79 Å². The minimum absolute atomic E-state index is 0. The van der Waals surface area contributed by atoms with Gasteiger partial charge >= 0.3 is 39.9 Å². The quantitative estimate of drug-likeness (QED) is 0.258. The fraction of sp³-hybridized carbons (Fsp3) is 0.273. The van der Waals surface area contributed by atoms with Gasteiger partial charge in [-0.25, -0.2) is 0 Å². The molecule has 0 heterocycles. The molecular weight excluding hydrogens is 268 g/mol. The Morgan fingerprint density at radius 2 is 1.53 bits per heavy atom. The minimum Gasteiger partial charge on any atom is 0 e. The molecule has 17 heavy (non-hydrogen) atoms. The van der Waals surface area contributed by atoms with Crippen LogP contribution in [0.25, 0.3) is 0 Å². The first-order valence-corrected chi connectivity index (χ1v) is 3.79. The average Bonchev–Trinajstić information content (AvgIpc) is 2.36. The standard InChI is InChI=1S/C8H12O2.3CO.Fe/c1-3-4-5-6-7-10-8(2)9;3*1-2;/h3-6H,7H2,1-2H3;;;;/b4-3+,6-5+;;;;. The van der Waals surface area contributed by atoms with Gasteiger partial charge in [-0.05, 0) is 13.0 Å². The van der Waals surface area contributed by atoms with Gasteiger partial charge in [0.15, 0.2) is 0 Å². The second-order valence-corrected chi connectivity index (χ2v) is 1.76. The largest absolute Gasteiger partial charge is 0 e. The number of hydrogen-bond donors (Lipinski definition) is 0. The Hall–Kier alpha value is -1.31. The van der Waals surface area contributed by atoms with Crippen molar-refractivity contribution < 1.29 is 40.6 Å². The number of ether oxygens (including phenoxy) is 1. The Balaban J connectivity index is -0.0000000594. The van der Waals surface area contributed by atoms with Gasteiger partial charge in [0.25, 0.3) is 0 Å². The van der Waals surface area contributed by atoms with Gasteiger partial charge in [0.1, 0.15) is 6.61 Å². The van der Waals surface area contributed by atoms with E-state index in [4.69, 9.17) is 14.0 Å². The maximum Gasteiger partial charge on any atom is 0 e. The normalized spacial score (nSPS) is 6.82. The molecule has 6 heteroatoms. The van der Waals surface area contributed by atoms with Crippen molar-refractivity contribution in [1.29, 1.82) is 0 Å². The van der Waals surface area contributed by atoms with Gasteiger partial charge in [0.05, 0.1) is 0 Å². The average molecular weight is 280 g/mol. The van der Waals surface area contributed by atoms with E-state index in [0.29, 0.717) is 6.61 Å². The second kappa shape index (κ2) is 46.6. The van der Waals surface area contributed by atoms with E-state index in [0.717, 1.165) is 0 Å². The van der Waals surface area contributed by atoms with E-state index >= 15 is 0 Å². The molecule has 0 aliphatic carbocycles. The molecule has 0 aromatic heterocycles. The zero-order chi connectivity index (χ0) is 13.8. The third kappa shape index (κ3) is 73.1. The van der Waals surface area contributed by atoms with Crippen LogP contribution in [0.1, 0.15) is 13.8 Å². The van der Waals surface area contributed by atoms with Crippen LogP contribution < -0.4 is 0 Å². The predicted molar refractivity (Wildman–Crippen MR) is 52.4 cm³/mol. The Kier molecular flexibility index (Phi) is 81.1. The predicted octanol–water partition coefficient (Wildman–Crippen LogP) is 1.57. The summed E-state index contributed by atoms with van der Waals surface area (Å²) in [6.45, 7) is 17.2. The van der Waals surface area contributed by atoms with Crippen LogP contribution in [0.2, 0.25) is 0 Å². The number of carbonyl (C=O) groups is 1. The van der Waals surface area contributed by atoms with Crippen LogP contribution in [0.15, 0.2) is 24.3 Å².